The maximum absolute atomic E-state index is 17.0. The van der Waals surface area contributed by atoms with Crippen LogP contribution in [-0.4, -0.2) is 6.04 Å². The number of anilines is 11. The predicted octanol–water partition coefficient (Wildman–Crippen LogP) is 39.9. The fourth-order valence-electron chi connectivity index (χ4n) is 24.8. The second-order valence-corrected chi connectivity index (χ2v) is 49.3. The molecule has 0 amide bonds. The number of fused-ring (bicyclic) bond motifs is 4. The summed E-state index contributed by atoms with van der Waals surface area (Å²) < 4.78 is 201. The highest BCUT2D eigenvalue weighted by molar-refractivity contribution is 6.33. The Morgan fingerprint density at radius 3 is 0.770 bits per heavy atom. The van der Waals surface area contributed by atoms with E-state index in [0.29, 0.717) is 112 Å². The molecule has 0 saturated carbocycles. The monoisotopic (exact) mass is 2000 g/mol. The van der Waals surface area contributed by atoms with Crippen LogP contribution in [-0.2, 0) is 43.3 Å². The SMILES string of the molecule is CC(C)C1=CC(c2cc(F)c(F)c(F)c2)C(N(c2ccc3c(c2)C(C)(C)CCC3(C)C)c2cc(N(c3ccc4c(c3)C(C)(C)CCC4(C)C)c3ccc(C(C)C)cc3-c3cc(F)c(F)c(F)c3)c3ccc4c(N(c5ccc6c(c5)C(C)(C)CCC6(C)C)c5ccc(C(C)C)cc5-c5cc(F)c(F)c(F)c5)cc(N(c5ccc6c(c5)C(C)(C)CCC6(C)C)c5ccc(C(C)C)cc5-c5cc(F)c(F)c(F)c5)c5ccc2c3c45)C=C1. The molecule has 0 saturated heterocycles. The van der Waals surface area contributed by atoms with Gasteiger partial charge in [0.2, 0.25) is 0 Å². The third-order valence-electron chi connectivity index (χ3n) is 34.4. The number of allylic oxidation sites excluding steroid dienone is 2. The van der Waals surface area contributed by atoms with Crippen LogP contribution in [0, 0.1) is 75.7 Å². The van der Waals surface area contributed by atoms with Gasteiger partial charge in [0.1, 0.15) is 0 Å². The summed E-state index contributed by atoms with van der Waals surface area (Å²) in [4.78, 5) is 8.69. The lowest BCUT2D eigenvalue weighted by atomic mass is 9.63. The molecule has 0 aromatic heterocycles. The van der Waals surface area contributed by atoms with E-state index in [-0.39, 0.29) is 67.6 Å². The van der Waals surface area contributed by atoms with E-state index in [1.54, 1.807) is 0 Å². The fourth-order valence-corrected chi connectivity index (χ4v) is 24.8. The summed E-state index contributed by atoms with van der Waals surface area (Å²) >= 11 is 0. The first kappa shape index (κ1) is 102. The third kappa shape index (κ3) is 17.4. The lowest BCUT2D eigenvalue weighted by Gasteiger charge is -2.44. The van der Waals surface area contributed by atoms with Crippen molar-refractivity contribution < 1.29 is 52.7 Å². The molecule has 0 fully saturated rings. The van der Waals surface area contributed by atoms with Gasteiger partial charge in [-0.2, -0.15) is 0 Å². The van der Waals surface area contributed by atoms with Crippen LogP contribution in [0.1, 0.15) is 308 Å². The van der Waals surface area contributed by atoms with Crippen molar-refractivity contribution in [1.29, 1.82) is 0 Å². The molecule has 15 aromatic carbocycles. The Morgan fingerprint density at radius 1 is 0.243 bits per heavy atom. The van der Waals surface area contributed by atoms with E-state index >= 15 is 52.7 Å². The van der Waals surface area contributed by atoms with Gasteiger partial charge in [0.15, 0.2) is 69.8 Å². The number of rotatable bonds is 20. The molecular weight excluding hydrogens is 1870 g/mol. The summed E-state index contributed by atoms with van der Waals surface area (Å²) in [7, 11) is 0. The predicted molar refractivity (Wildman–Crippen MR) is 587 cm³/mol. The van der Waals surface area contributed by atoms with E-state index in [1.165, 1.54) is 0 Å². The van der Waals surface area contributed by atoms with Gasteiger partial charge in [-0.25, -0.2) is 52.7 Å². The van der Waals surface area contributed by atoms with Crippen LogP contribution >= 0.6 is 0 Å². The van der Waals surface area contributed by atoms with Gasteiger partial charge in [0.25, 0.3) is 0 Å². The highest BCUT2D eigenvalue weighted by Gasteiger charge is 2.46. The van der Waals surface area contributed by atoms with Gasteiger partial charge in [-0.1, -0.05) is 251 Å². The Bertz CT molecular complexity index is 7700. The van der Waals surface area contributed by atoms with E-state index in [4.69, 9.17) is 0 Å². The maximum atomic E-state index is 17.0. The average Bonchev–Trinajstić information content (AvgIpc) is 0.690. The minimum absolute atomic E-state index is 0.0207. The summed E-state index contributed by atoms with van der Waals surface area (Å²) in [6, 6.07) is 63.9. The first-order valence-corrected chi connectivity index (χ1v) is 52.5. The summed E-state index contributed by atoms with van der Waals surface area (Å²) in [5.74, 6) is -19.5. The van der Waals surface area contributed by atoms with Crippen LogP contribution in [0.5, 0.6) is 0 Å². The molecule has 20 rings (SSSR count). The largest absolute Gasteiger partial charge is 0.333 e. The zero-order valence-corrected chi connectivity index (χ0v) is 89.4. The summed E-state index contributed by atoms with van der Waals surface area (Å²) in [6.45, 7) is 52.3. The van der Waals surface area contributed by atoms with Gasteiger partial charge in [-0.3, -0.25) is 0 Å². The highest BCUT2D eigenvalue weighted by Crippen LogP contribution is 2.62. The second kappa shape index (κ2) is 36.5. The Balaban J connectivity index is 1.06. The first-order chi connectivity index (χ1) is 69.5. The van der Waals surface area contributed by atoms with E-state index in [0.717, 1.165) is 167 Å². The summed E-state index contributed by atoms with van der Waals surface area (Å²) in [6.07, 6.45) is 12.8. The molecule has 2 unspecified atom stereocenters. The number of hydrogen-bond acceptors (Lipinski definition) is 4. The van der Waals surface area contributed by atoms with Crippen LogP contribution in [0.4, 0.5) is 115 Å². The van der Waals surface area contributed by atoms with Crippen LogP contribution in [0.15, 0.2) is 236 Å². The van der Waals surface area contributed by atoms with E-state index < -0.39 is 103 Å². The molecule has 5 aliphatic rings. The van der Waals surface area contributed by atoms with Gasteiger partial charge in [0, 0.05) is 77.7 Å². The Labute approximate surface area is 864 Å². The summed E-state index contributed by atoms with van der Waals surface area (Å²) in [5.41, 5.74) is 15.5. The normalized spacial score (nSPS) is 18.1. The fraction of sp³-hybridized carbons (Fsp3) is 0.348. The number of hydrogen-bond donors (Lipinski definition) is 0. The molecule has 0 bridgehead atoms. The topological polar surface area (TPSA) is 13.0 Å². The zero-order chi connectivity index (χ0) is 106. The molecule has 0 N–H and O–H groups in total. The zero-order valence-electron chi connectivity index (χ0n) is 89.4. The molecule has 5 aliphatic carbocycles. The lowest BCUT2D eigenvalue weighted by molar-refractivity contribution is 0.332. The quantitative estimate of drug-likeness (QED) is 0.0428. The van der Waals surface area contributed by atoms with Crippen molar-refractivity contribution in [3.05, 3.63) is 373 Å². The molecular formula is C132H132F12N4. The molecule has 2 atom stereocenters. The molecule has 0 spiro atoms. The van der Waals surface area contributed by atoms with E-state index in [2.05, 4.69) is 252 Å². The lowest BCUT2D eigenvalue weighted by Crippen LogP contribution is -2.38. The van der Waals surface area contributed by atoms with Crippen LogP contribution in [0.3, 0.4) is 0 Å². The van der Waals surface area contributed by atoms with Crippen molar-refractivity contribution in [1.82, 2.24) is 0 Å². The molecule has 0 heterocycles. The van der Waals surface area contributed by atoms with Crippen molar-refractivity contribution in [3.8, 4) is 33.4 Å². The molecule has 148 heavy (non-hydrogen) atoms. The van der Waals surface area contributed by atoms with Gasteiger partial charge in [0.05, 0.1) is 45.9 Å². The van der Waals surface area contributed by atoms with Crippen LogP contribution in [0.2, 0.25) is 0 Å². The minimum atomic E-state index is -1.65. The van der Waals surface area contributed by atoms with Crippen molar-refractivity contribution in [2.75, 3.05) is 19.6 Å². The molecule has 764 valence electrons. The van der Waals surface area contributed by atoms with Crippen molar-refractivity contribution in [3.63, 3.8) is 0 Å². The van der Waals surface area contributed by atoms with Gasteiger partial charge in [-0.15, -0.1) is 0 Å². The molecule has 0 radical (unpaired) electrons. The minimum Gasteiger partial charge on any atom is -0.333 e. The average molecular weight is 2000 g/mol. The van der Waals surface area contributed by atoms with Crippen molar-refractivity contribution in [2.45, 2.75) is 291 Å². The van der Waals surface area contributed by atoms with E-state index in [1.807, 2.05) is 116 Å². The summed E-state index contributed by atoms with van der Waals surface area (Å²) in [5, 5.41) is 3.57. The molecule has 15 aromatic rings. The highest BCUT2D eigenvalue weighted by atomic mass is 19.2. The first-order valence-electron chi connectivity index (χ1n) is 52.5. The Hall–Kier alpha value is -12.8. The Kier molecular flexibility index (Phi) is 25.3. The maximum Gasteiger partial charge on any atom is 0.194 e. The van der Waals surface area contributed by atoms with Crippen molar-refractivity contribution in [2.24, 2.45) is 5.92 Å². The third-order valence-corrected chi connectivity index (χ3v) is 34.4. The molecule has 0 aliphatic heterocycles. The van der Waals surface area contributed by atoms with Gasteiger partial charge >= 0.3 is 0 Å². The van der Waals surface area contributed by atoms with E-state index in [9.17, 15) is 0 Å². The number of halogens is 12. The van der Waals surface area contributed by atoms with Gasteiger partial charge < -0.3 is 19.6 Å². The van der Waals surface area contributed by atoms with Crippen LogP contribution in [0.25, 0.3) is 65.7 Å². The number of nitrogens with zero attached hydrogens (tertiary/aromatic N) is 4. The second-order valence-electron chi connectivity index (χ2n) is 49.3. The molecule has 16 heteroatoms. The number of benzene rings is 15. The Morgan fingerprint density at radius 2 is 0.493 bits per heavy atom. The smallest absolute Gasteiger partial charge is 0.194 e. The van der Waals surface area contributed by atoms with Gasteiger partial charge in [-0.05, 0) is 353 Å². The standard InChI is InChI=1S/C132H132F12N4/c1-71(2)75-25-41-111(91(53-75)79-57-103(133)121(141)104(134)58-79)145(83-29-37-95-99(65-83)129(17,18)49-45-125(95,9)10)115-69-116(146(84-30-38-96-100(66-84)130(19,20)50-46-126(96,11)12)112-42-26-76(72(3)4)54-92(112)80-59-105(135)122(142)106(136)60-80)88-35-36-90-118(148(86-32-40-98-102(68-86)132(23,24)52-48-128(98,15)16)114-44-28-78(74(7)8)56-94(114)82-63-109(139)124(144)110(140)64-82)70-117(89-34-33-87(115)119(88)120(89)90)147(85-31-39-97-101(67-85)131(21,22)51-47-127(97,13)14)113-43-27-77(73(5)6)55-93(113)81-61-107(137)123(143)108(138)62-81/h25-44,53-74,91,111H,45-52H2,1-24H3. The van der Waals surface area contributed by atoms with Crippen LogP contribution < -0.4 is 19.6 Å². The van der Waals surface area contributed by atoms with Crippen molar-refractivity contribution >= 4 is 94.9 Å². The molecule has 4 nitrogen and oxygen atoms in total.